The summed E-state index contributed by atoms with van der Waals surface area (Å²) in [6, 6.07) is 1.67. The lowest BCUT2D eigenvalue weighted by atomic mass is 9.76. The Kier molecular flexibility index (Phi) is 2.21. The van der Waals surface area contributed by atoms with Crippen LogP contribution in [0.2, 0.25) is 0 Å². The minimum absolute atomic E-state index is 0.0582. The predicted octanol–water partition coefficient (Wildman–Crippen LogP) is 2.60. The van der Waals surface area contributed by atoms with Crippen LogP contribution < -0.4 is 0 Å². The maximum atomic E-state index is 10.6. The summed E-state index contributed by atoms with van der Waals surface area (Å²) < 4.78 is 0. The third kappa shape index (κ3) is 1.71. The zero-order valence-electron chi connectivity index (χ0n) is 8.99. The fourth-order valence-electron chi connectivity index (χ4n) is 2.24. The van der Waals surface area contributed by atoms with Gasteiger partial charge in [-0.25, -0.2) is 0 Å². The SMILES string of the molecule is CC1(C)CCCc2cc([N+](=O)[O-])cnc21. The fraction of sp³-hybridized carbons (Fsp3) is 0.545. The summed E-state index contributed by atoms with van der Waals surface area (Å²) in [7, 11) is 0. The van der Waals surface area contributed by atoms with Gasteiger partial charge in [-0.15, -0.1) is 0 Å². The van der Waals surface area contributed by atoms with Crippen LogP contribution in [0.4, 0.5) is 5.69 Å². The molecule has 1 aliphatic carbocycles. The maximum Gasteiger partial charge on any atom is 0.287 e. The summed E-state index contributed by atoms with van der Waals surface area (Å²) in [5, 5.41) is 10.6. The molecule has 4 nitrogen and oxygen atoms in total. The topological polar surface area (TPSA) is 56.0 Å². The van der Waals surface area contributed by atoms with Crippen molar-refractivity contribution >= 4 is 5.69 Å². The van der Waals surface area contributed by atoms with Crippen molar-refractivity contribution < 1.29 is 4.92 Å². The smallest absolute Gasteiger partial charge is 0.258 e. The molecule has 0 spiro atoms. The number of rotatable bonds is 1. The number of aryl methyl sites for hydroxylation is 1. The zero-order valence-corrected chi connectivity index (χ0v) is 8.99. The van der Waals surface area contributed by atoms with Crippen molar-refractivity contribution in [3.8, 4) is 0 Å². The van der Waals surface area contributed by atoms with E-state index in [4.69, 9.17) is 0 Å². The molecule has 1 aromatic rings. The molecule has 0 aliphatic heterocycles. The summed E-state index contributed by atoms with van der Waals surface area (Å²) in [4.78, 5) is 14.5. The van der Waals surface area contributed by atoms with Gasteiger partial charge in [0.05, 0.1) is 4.92 Å². The van der Waals surface area contributed by atoms with Gasteiger partial charge in [-0.3, -0.25) is 15.1 Å². The number of aromatic nitrogens is 1. The first-order valence-electron chi connectivity index (χ1n) is 5.14. The Morgan fingerprint density at radius 2 is 2.27 bits per heavy atom. The maximum absolute atomic E-state index is 10.6. The van der Waals surface area contributed by atoms with E-state index in [1.807, 2.05) is 0 Å². The van der Waals surface area contributed by atoms with Gasteiger partial charge in [0.1, 0.15) is 6.20 Å². The Hall–Kier alpha value is -1.45. The van der Waals surface area contributed by atoms with Crippen LogP contribution in [0.5, 0.6) is 0 Å². The molecule has 0 saturated carbocycles. The van der Waals surface area contributed by atoms with Gasteiger partial charge in [0, 0.05) is 17.2 Å². The van der Waals surface area contributed by atoms with Gasteiger partial charge >= 0.3 is 0 Å². The van der Waals surface area contributed by atoms with Crippen molar-refractivity contribution in [1.29, 1.82) is 0 Å². The van der Waals surface area contributed by atoms with E-state index in [0.717, 1.165) is 30.5 Å². The van der Waals surface area contributed by atoms with Crippen molar-refractivity contribution in [2.45, 2.75) is 38.5 Å². The molecule has 0 atom stereocenters. The molecular formula is C11H14N2O2. The quantitative estimate of drug-likeness (QED) is 0.524. The average Bonchev–Trinajstić information content (AvgIpc) is 2.16. The molecule has 0 fully saturated rings. The van der Waals surface area contributed by atoms with Gasteiger partial charge in [-0.2, -0.15) is 0 Å². The lowest BCUT2D eigenvalue weighted by molar-refractivity contribution is -0.385. The standard InChI is InChI=1S/C11H14N2O2/c1-11(2)5-3-4-8-6-9(13(14)15)7-12-10(8)11/h6-7H,3-5H2,1-2H3. The van der Waals surface area contributed by atoms with E-state index in [2.05, 4.69) is 18.8 Å². The van der Waals surface area contributed by atoms with Crippen LogP contribution in [0.15, 0.2) is 12.3 Å². The average molecular weight is 206 g/mol. The first-order valence-corrected chi connectivity index (χ1v) is 5.14. The third-order valence-corrected chi connectivity index (χ3v) is 3.05. The molecule has 1 aliphatic rings. The largest absolute Gasteiger partial charge is 0.287 e. The second-order valence-electron chi connectivity index (χ2n) is 4.70. The normalized spacial score (nSPS) is 18.3. The van der Waals surface area contributed by atoms with Crippen LogP contribution in [0.25, 0.3) is 0 Å². The van der Waals surface area contributed by atoms with Crippen LogP contribution in [0.1, 0.15) is 37.9 Å². The van der Waals surface area contributed by atoms with Gasteiger partial charge in [-0.05, 0) is 24.8 Å². The summed E-state index contributed by atoms with van der Waals surface area (Å²) in [5.74, 6) is 0. The fourth-order valence-corrected chi connectivity index (χ4v) is 2.24. The molecule has 1 heterocycles. The van der Waals surface area contributed by atoms with Crippen molar-refractivity contribution in [3.63, 3.8) is 0 Å². The van der Waals surface area contributed by atoms with Crippen molar-refractivity contribution in [1.82, 2.24) is 4.98 Å². The highest BCUT2D eigenvalue weighted by Crippen LogP contribution is 2.36. The highest BCUT2D eigenvalue weighted by atomic mass is 16.6. The molecule has 15 heavy (non-hydrogen) atoms. The molecule has 0 N–H and O–H groups in total. The zero-order chi connectivity index (χ0) is 11.1. The van der Waals surface area contributed by atoms with Gasteiger partial charge < -0.3 is 0 Å². The minimum Gasteiger partial charge on any atom is -0.258 e. The minimum atomic E-state index is -0.380. The summed E-state index contributed by atoms with van der Waals surface area (Å²) in [6.07, 6.45) is 4.47. The second-order valence-corrected chi connectivity index (χ2v) is 4.70. The van der Waals surface area contributed by atoms with Crippen molar-refractivity contribution in [2.75, 3.05) is 0 Å². The van der Waals surface area contributed by atoms with Crippen molar-refractivity contribution in [2.24, 2.45) is 0 Å². The highest BCUT2D eigenvalue weighted by molar-refractivity contribution is 5.38. The lowest BCUT2D eigenvalue weighted by Gasteiger charge is -2.30. The third-order valence-electron chi connectivity index (χ3n) is 3.05. The molecule has 1 aromatic heterocycles. The second kappa shape index (κ2) is 3.29. The lowest BCUT2D eigenvalue weighted by Crippen LogP contribution is -2.25. The monoisotopic (exact) mass is 206 g/mol. The van der Waals surface area contributed by atoms with E-state index >= 15 is 0 Å². The Labute approximate surface area is 88.5 Å². The molecule has 2 rings (SSSR count). The van der Waals surface area contributed by atoms with E-state index in [1.54, 1.807) is 6.07 Å². The van der Waals surface area contributed by atoms with E-state index < -0.39 is 0 Å². The van der Waals surface area contributed by atoms with Gasteiger partial charge in [0.15, 0.2) is 0 Å². The predicted molar refractivity (Wildman–Crippen MR) is 56.9 cm³/mol. The molecule has 4 heteroatoms. The number of nitro groups is 1. The summed E-state index contributed by atoms with van der Waals surface area (Å²) in [5.41, 5.74) is 2.23. The molecule has 80 valence electrons. The summed E-state index contributed by atoms with van der Waals surface area (Å²) >= 11 is 0. The Morgan fingerprint density at radius 3 is 2.93 bits per heavy atom. The molecule has 0 saturated heterocycles. The number of hydrogen-bond donors (Lipinski definition) is 0. The van der Waals surface area contributed by atoms with E-state index in [1.165, 1.54) is 6.20 Å². The van der Waals surface area contributed by atoms with Crippen LogP contribution in [-0.2, 0) is 11.8 Å². The molecule has 0 unspecified atom stereocenters. The van der Waals surface area contributed by atoms with E-state index in [-0.39, 0.29) is 16.0 Å². The first kappa shape index (κ1) is 10.1. The molecule has 0 aromatic carbocycles. The number of hydrogen-bond acceptors (Lipinski definition) is 3. The Morgan fingerprint density at radius 1 is 1.53 bits per heavy atom. The molecule has 0 radical (unpaired) electrons. The molecule has 0 bridgehead atoms. The Balaban J connectivity index is 2.50. The number of pyridine rings is 1. The van der Waals surface area contributed by atoms with Crippen LogP contribution in [-0.4, -0.2) is 9.91 Å². The van der Waals surface area contributed by atoms with Crippen LogP contribution in [0.3, 0.4) is 0 Å². The first-order chi connectivity index (χ1) is 7.00. The van der Waals surface area contributed by atoms with E-state index in [9.17, 15) is 10.1 Å². The molecule has 0 amide bonds. The van der Waals surface area contributed by atoms with Gasteiger partial charge in [0.25, 0.3) is 5.69 Å². The highest BCUT2D eigenvalue weighted by Gasteiger charge is 2.29. The number of nitrogens with zero attached hydrogens (tertiary/aromatic N) is 2. The molecular weight excluding hydrogens is 192 g/mol. The summed E-state index contributed by atoms with van der Waals surface area (Å²) in [6.45, 7) is 4.29. The van der Waals surface area contributed by atoms with E-state index in [0.29, 0.717) is 0 Å². The van der Waals surface area contributed by atoms with Gasteiger partial charge in [0.2, 0.25) is 0 Å². The Bertz CT molecular complexity index is 413. The van der Waals surface area contributed by atoms with Crippen LogP contribution >= 0.6 is 0 Å². The van der Waals surface area contributed by atoms with Crippen molar-refractivity contribution in [3.05, 3.63) is 33.6 Å². The van der Waals surface area contributed by atoms with Gasteiger partial charge in [-0.1, -0.05) is 13.8 Å². The van der Waals surface area contributed by atoms with Crippen LogP contribution in [0, 0.1) is 10.1 Å². The number of fused-ring (bicyclic) bond motifs is 1.